The number of hydrogen-bond acceptors (Lipinski definition) is 3. The fraction of sp³-hybridized carbons (Fsp3) is 0.500. The minimum atomic E-state index is -0.153. The van der Waals surface area contributed by atoms with E-state index in [4.69, 9.17) is 4.74 Å². The van der Waals surface area contributed by atoms with E-state index < -0.39 is 0 Å². The molecule has 0 saturated heterocycles. The molecule has 0 atom stereocenters. The number of rotatable bonds is 1. The number of amides is 1. The summed E-state index contributed by atoms with van der Waals surface area (Å²) in [6.07, 6.45) is 1.68. The molecule has 13 heavy (non-hydrogen) atoms. The van der Waals surface area contributed by atoms with Crippen LogP contribution in [0.3, 0.4) is 0 Å². The van der Waals surface area contributed by atoms with Crippen LogP contribution in [-0.2, 0) is 17.9 Å². The first-order valence-corrected chi connectivity index (χ1v) is 4.16. The van der Waals surface area contributed by atoms with Crippen LogP contribution in [0.4, 0.5) is 0 Å². The van der Waals surface area contributed by atoms with E-state index in [1.54, 1.807) is 13.4 Å². The predicted molar refractivity (Wildman–Crippen MR) is 45.3 cm³/mol. The highest BCUT2D eigenvalue weighted by atomic mass is 16.5. The van der Waals surface area contributed by atoms with Crippen LogP contribution in [0.25, 0.3) is 0 Å². The Morgan fingerprint density at radius 3 is 3.38 bits per heavy atom. The monoisotopic (exact) mass is 181 g/mol. The van der Waals surface area contributed by atoms with Crippen molar-refractivity contribution in [3.05, 3.63) is 17.7 Å². The van der Waals surface area contributed by atoms with Gasteiger partial charge in [0.1, 0.15) is 0 Å². The molecule has 1 amide bonds. The van der Waals surface area contributed by atoms with Gasteiger partial charge in [0.25, 0.3) is 5.91 Å². The minimum absolute atomic E-state index is 0.153. The van der Waals surface area contributed by atoms with E-state index in [9.17, 15) is 4.79 Å². The number of carbonyl (C=O) groups excluding carboxylic acids is 1. The summed E-state index contributed by atoms with van der Waals surface area (Å²) in [7, 11) is 1.59. The normalized spacial score (nSPS) is 15.2. The van der Waals surface area contributed by atoms with Gasteiger partial charge in [-0.25, -0.2) is 4.98 Å². The van der Waals surface area contributed by atoms with E-state index in [1.807, 2.05) is 4.57 Å². The molecule has 5 heteroatoms. The van der Waals surface area contributed by atoms with Crippen LogP contribution in [0.15, 0.2) is 6.33 Å². The van der Waals surface area contributed by atoms with Gasteiger partial charge in [-0.05, 0) is 0 Å². The zero-order chi connectivity index (χ0) is 9.26. The lowest BCUT2D eigenvalue weighted by Crippen LogP contribution is -2.23. The Morgan fingerprint density at radius 1 is 1.77 bits per heavy atom. The lowest BCUT2D eigenvalue weighted by atomic mass is 10.3. The lowest BCUT2D eigenvalue weighted by molar-refractivity contribution is 0.0815. The molecule has 70 valence electrons. The van der Waals surface area contributed by atoms with Crippen LogP contribution in [0.1, 0.15) is 16.2 Å². The van der Waals surface area contributed by atoms with Crippen LogP contribution in [0.2, 0.25) is 0 Å². The third-order valence-electron chi connectivity index (χ3n) is 2.10. The summed E-state index contributed by atoms with van der Waals surface area (Å²) in [5.74, 6) is -0.153. The Morgan fingerprint density at radius 2 is 2.62 bits per heavy atom. The number of carbonyl (C=O) groups is 1. The fourth-order valence-electron chi connectivity index (χ4n) is 1.39. The highest BCUT2D eigenvalue weighted by Crippen LogP contribution is 2.13. The molecular weight excluding hydrogens is 170 g/mol. The summed E-state index contributed by atoms with van der Waals surface area (Å²) < 4.78 is 7.20. The first-order valence-electron chi connectivity index (χ1n) is 4.16. The largest absolute Gasteiger partial charge is 0.373 e. The Kier molecular flexibility index (Phi) is 2.02. The van der Waals surface area contributed by atoms with Crippen molar-refractivity contribution in [1.29, 1.82) is 0 Å². The van der Waals surface area contributed by atoms with E-state index in [0.717, 1.165) is 12.2 Å². The van der Waals surface area contributed by atoms with Crippen LogP contribution in [-0.4, -0.2) is 29.1 Å². The highest BCUT2D eigenvalue weighted by molar-refractivity contribution is 5.93. The van der Waals surface area contributed by atoms with Gasteiger partial charge in [0.15, 0.2) is 5.69 Å². The van der Waals surface area contributed by atoms with Crippen LogP contribution < -0.4 is 5.32 Å². The molecule has 1 aromatic rings. The Labute approximate surface area is 75.7 Å². The topological polar surface area (TPSA) is 56.2 Å². The minimum Gasteiger partial charge on any atom is -0.373 e. The van der Waals surface area contributed by atoms with Gasteiger partial charge < -0.3 is 14.6 Å². The molecule has 0 radical (unpaired) electrons. The van der Waals surface area contributed by atoms with Gasteiger partial charge in [-0.3, -0.25) is 4.79 Å². The van der Waals surface area contributed by atoms with Crippen LogP contribution in [0, 0.1) is 0 Å². The molecule has 0 saturated carbocycles. The summed E-state index contributed by atoms with van der Waals surface area (Å²) in [5, 5.41) is 2.55. The van der Waals surface area contributed by atoms with Crippen LogP contribution >= 0.6 is 0 Å². The molecule has 0 aromatic carbocycles. The van der Waals surface area contributed by atoms with Crippen molar-refractivity contribution in [3.8, 4) is 0 Å². The zero-order valence-electron chi connectivity index (χ0n) is 7.41. The number of nitrogens with one attached hydrogen (secondary N) is 1. The second-order valence-corrected chi connectivity index (χ2v) is 2.86. The van der Waals surface area contributed by atoms with E-state index in [0.29, 0.717) is 18.9 Å². The molecule has 5 nitrogen and oxygen atoms in total. The molecule has 0 fully saturated rings. The molecule has 2 rings (SSSR count). The molecule has 1 N–H and O–H groups in total. The number of ether oxygens (including phenoxy) is 1. The summed E-state index contributed by atoms with van der Waals surface area (Å²) in [6.45, 7) is 1.94. The first kappa shape index (κ1) is 8.25. The molecule has 2 heterocycles. The van der Waals surface area contributed by atoms with Crippen molar-refractivity contribution in [2.24, 2.45) is 0 Å². The number of fused-ring (bicyclic) bond motifs is 1. The predicted octanol–water partition coefficient (Wildman–Crippen LogP) is -0.227. The van der Waals surface area contributed by atoms with Crippen LogP contribution in [0.5, 0.6) is 0 Å². The Bertz CT molecular complexity index is 332. The molecular formula is C8H11N3O2. The van der Waals surface area contributed by atoms with Gasteiger partial charge in [0.2, 0.25) is 0 Å². The second-order valence-electron chi connectivity index (χ2n) is 2.86. The van der Waals surface area contributed by atoms with E-state index in [2.05, 4.69) is 10.3 Å². The van der Waals surface area contributed by atoms with Crippen molar-refractivity contribution in [3.63, 3.8) is 0 Å². The quantitative estimate of drug-likeness (QED) is 0.651. The van der Waals surface area contributed by atoms with E-state index in [-0.39, 0.29) is 5.91 Å². The van der Waals surface area contributed by atoms with Gasteiger partial charge >= 0.3 is 0 Å². The average molecular weight is 181 g/mol. The van der Waals surface area contributed by atoms with Crippen molar-refractivity contribution in [1.82, 2.24) is 14.9 Å². The Balaban J connectivity index is 2.36. The fourth-order valence-corrected chi connectivity index (χ4v) is 1.39. The maximum atomic E-state index is 11.3. The number of imidazole rings is 1. The summed E-state index contributed by atoms with van der Waals surface area (Å²) in [5.41, 5.74) is 1.34. The lowest BCUT2D eigenvalue weighted by Gasteiger charge is -2.15. The number of aromatic nitrogens is 2. The van der Waals surface area contributed by atoms with Gasteiger partial charge in [-0.1, -0.05) is 0 Å². The summed E-state index contributed by atoms with van der Waals surface area (Å²) in [6, 6.07) is 0. The molecule has 0 aliphatic carbocycles. The maximum absolute atomic E-state index is 11.3. The van der Waals surface area contributed by atoms with Crippen molar-refractivity contribution in [2.45, 2.75) is 13.2 Å². The van der Waals surface area contributed by atoms with E-state index in [1.165, 1.54) is 0 Å². The third kappa shape index (κ3) is 1.31. The molecule has 0 spiro atoms. The molecule has 1 aliphatic rings. The first-order chi connectivity index (χ1) is 6.33. The number of hydrogen-bond donors (Lipinski definition) is 1. The third-order valence-corrected chi connectivity index (χ3v) is 2.10. The number of nitrogens with zero attached hydrogens (tertiary/aromatic N) is 2. The highest BCUT2D eigenvalue weighted by Gasteiger charge is 2.19. The van der Waals surface area contributed by atoms with Crippen molar-refractivity contribution in [2.75, 3.05) is 13.7 Å². The van der Waals surface area contributed by atoms with Crippen molar-refractivity contribution >= 4 is 5.91 Å². The van der Waals surface area contributed by atoms with Gasteiger partial charge in [0.05, 0.1) is 25.2 Å². The van der Waals surface area contributed by atoms with Gasteiger partial charge in [0, 0.05) is 13.6 Å². The molecule has 1 aromatic heterocycles. The van der Waals surface area contributed by atoms with Gasteiger partial charge in [-0.2, -0.15) is 0 Å². The SMILES string of the molecule is CNC(=O)c1ncn2c1COCC2. The summed E-state index contributed by atoms with van der Waals surface area (Å²) >= 11 is 0. The Hall–Kier alpha value is -1.36. The molecule has 1 aliphatic heterocycles. The second kappa shape index (κ2) is 3.18. The van der Waals surface area contributed by atoms with Gasteiger partial charge in [-0.15, -0.1) is 0 Å². The van der Waals surface area contributed by atoms with Crippen molar-refractivity contribution < 1.29 is 9.53 Å². The van der Waals surface area contributed by atoms with E-state index >= 15 is 0 Å². The maximum Gasteiger partial charge on any atom is 0.271 e. The summed E-state index contributed by atoms with van der Waals surface area (Å²) in [4.78, 5) is 15.3. The average Bonchev–Trinajstić information content (AvgIpc) is 2.60. The zero-order valence-corrected chi connectivity index (χ0v) is 7.41. The molecule has 0 bridgehead atoms. The smallest absolute Gasteiger partial charge is 0.271 e. The standard InChI is InChI=1S/C8H11N3O2/c1-9-8(12)7-6-4-13-3-2-11(6)5-10-7/h5H,2-4H2,1H3,(H,9,12). The molecule has 0 unspecified atom stereocenters.